The molecule has 0 bridgehead atoms. The second kappa shape index (κ2) is 9.40. The SMILES string of the molecule is Cc1cc(-c2nc(-c3ccc(OC(F)(F)F)cc3)no2)nn1Cc1cccc(C2(O)CCOCC2)c1. The average molecular weight is 500 g/mol. The van der Waals surface area contributed by atoms with Crippen molar-refractivity contribution in [2.75, 3.05) is 13.2 Å². The maximum absolute atomic E-state index is 12.4. The van der Waals surface area contributed by atoms with Crippen LogP contribution in [0.15, 0.2) is 59.1 Å². The van der Waals surface area contributed by atoms with Crippen molar-refractivity contribution in [2.45, 2.75) is 38.3 Å². The Morgan fingerprint density at radius 1 is 1.08 bits per heavy atom. The van der Waals surface area contributed by atoms with Crippen molar-refractivity contribution in [1.82, 2.24) is 19.9 Å². The monoisotopic (exact) mass is 500 g/mol. The first-order valence-corrected chi connectivity index (χ1v) is 11.3. The Morgan fingerprint density at radius 2 is 1.83 bits per heavy atom. The summed E-state index contributed by atoms with van der Waals surface area (Å²) in [5.41, 5.74) is 2.77. The molecule has 0 atom stereocenters. The van der Waals surface area contributed by atoms with E-state index in [0.29, 0.717) is 43.9 Å². The van der Waals surface area contributed by atoms with Crippen LogP contribution in [-0.4, -0.2) is 44.6 Å². The Balaban J connectivity index is 1.32. The van der Waals surface area contributed by atoms with E-state index in [2.05, 4.69) is 20.0 Å². The molecule has 2 aromatic heterocycles. The van der Waals surface area contributed by atoms with Gasteiger partial charge in [0.2, 0.25) is 5.82 Å². The lowest BCUT2D eigenvalue weighted by molar-refractivity contribution is -0.274. The molecule has 1 saturated heterocycles. The summed E-state index contributed by atoms with van der Waals surface area (Å²) in [4.78, 5) is 4.34. The molecule has 2 aromatic carbocycles. The van der Waals surface area contributed by atoms with Crippen LogP contribution in [0.4, 0.5) is 13.2 Å². The molecule has 1 fully saturated rings. The number of rotatable bonds is 6. The Hall–Kier alpha value is -3.70. The maximum Gasteiger partial charge on any atom is 0.573 e. The highest BCUT2D eigenvalue weighted by atomic mass is 19.4. The molecule has 0 aliphatic carbocycles. The fraction of sp³-hybridized carbons (Fsp3) is 0.320. The number of halogens is 3. The van der Waals surface area contributed by atoms with Gasteiger partial charge >= 0.3 is 6.36 Å². The normalized spacial score (nSPS) is 15.7. The van der Waals surface area contributed by atoms with Crippen molar-refractivity contribution < 1.29 is 32.3 Å². The molecule has 0 saturated carbocycles. The van der Waals surface area contributed by atoms with Gasteiger partial charge in [-0.25, -0.2) is 0 Å². The van der Waals surface area contributed by atoms with Crippen LogP contribution >= 0.6 is 0 Å². The van der Waals surface area contributed by atoms with E-state index < -0.39 is 12.0 Å². The van der Waals surface area contributed by atoms with Crippen LogP contribution in [-0.2, 0) is 16.9 Å². The number of aromatic nitrogens is 4. The summed E-state index contributed by atoms with van der Waals surface area (Å²) in [6.45, 7) is 3.44. The molecule has 0 radical (unpaired) electrons. The number of alkyl halides is 3. The van der Waals surface area contributed by atoms with E-state index in [1.807, 2.05) is 37.3 Å². The first kappa shape index (κ1) is 24.0. The summed E-state index contributed by atoms with van der Waals surface area (Å²) in [7, 11) is 0. The highest BCUT2D eigenvalue weighted by Gasteiger charge is 2.32. The third-order valence-corrected chi connectivity index (χ3v) is 6.09. The van der Waals surface area contributed by atoms with Crippen molar-refractivity contribution in [1.29, 1.82) is 0 Å². The van der Waals surface area contributed by atoms with Crippen LogP contribution in [0.25, 0.3) is 23.0 Å². The Morgan fingerprint density at radius 3 is 2.56 bits per heavy atom. The predicted molar refractivity (Wildman–Crippen MR) is 122 cm³/mol. The fourth-order valence-electron chi connectivity index (χ4n) is 4.16. The highest BCUT2D eigenvalue weighted by Crippen LogP contribution is 2.32. The van der Waals surface area contributed by atoms with Gasteiger partial charge in [-0.3, -0.25) is 4.68 Å². The Labute approximate surface area is 204 Å². The number of benzene rings is 2. The second-order valence-electron chi connectivity index (χ2n) is 8.67. The lowest BCUT2D eigenvalue weighted by Gasteiger charge is -2.32. The first-order chi connectivity index (χ1) is 17.2. The summed E-state index contributed by atoms with van der Waals surface area (Å²) in [5, 5.41) is 19.5. The van der Waals surface area contributed by atoms with E-state index in [-0.39, 0.29) is 17.5 Å². The predicted octanol–water partition coefficient (Wildman–Crippen LogP) is 4.85. The molecule has 36 heavy (non-hydrogen) atoms. The zero-order valence-corrected chi connectivity index (χ0v) is 19.3. The molecular weight excluding hydrogens is 477 g/mol. The van der Waals surface area contributed by atoms with Crippen molar-refractivity contribution in [2.24, 2.45) is 0 Å². The van der Waals surface area contributed by atoms with Crippen LogP contribution in [0.3, 0.4) is 0 Å². The molecule has 1 aliphatic rings. The fourth-order valence-corrected chi connectivity index (χ4v) is 4.16. The quantitative estimate of drug-likeness (QED) is 0.404. The molecule has 5 rings (SSSR count). The number of nitrogens with zero attached hydrogens (tertiary/aromatic N) is 4. The molecule has 8 nitrogen and oxygen atoms in total. The van der Waals surface area contributed by atoms with Crippen molar-refractivity contribution in [3.63, 3.8) is 0 Å². The maximum atomic E-state index is 12.4. The van der Waals surface area contributed by atoms with Crippen molar-refractivity contribution in [3.8, 4) is 28.7 Å². The van der Waals surface area contributed by atoms with Gasteiger partial charge in [0, 0.05) is 37.3 Å². The molecule has 188 valence electrons. The van der Waals surface area contributed by atoms with Gasteiger partial charge in [-0.1, -0.05) is 29.4 Å². The van der Waals surface area contributed by atoms with Gasteiger partial charge in [0.15, 0.2) is 5.69 Å². The molecule has 0 spiro atoms. The highest BCUT2D eigenvalue weighted by molar-refractivity contribution is 5.59. The largest absolute Gasteiger partial charge is 0.573 e. The van der Waals surface area contributed by atoms with E-state index in [9.17, 15) is 18.3 Å². The van der Waals surface area contributed by atoms with E-state index in [1.165, 1.54) is 24.3 Å². The summed E-state index contributed by atoms with van der Waals surface area (Å²) in [6, 6.07) is 14.8. The van der Waals surface area contributed by atoms with Crippen LogP contribution < -0.4 is 4.74 Å². The van der Waals surface area contributed by atoms with Gasteiger partial charge in [-0.2, -0.15) is 10.1 Å². The molecule has 4 aromatic rings. The lowest BCUT2D eigenvalue weighted by Crippen LogP contribution is -2.33. The molecule has 11 heteroatoms. The third kappa shape index (κ3) is 5.26. The zero-order valence-electron chi connectivity index (χ0n) is 19.3. The van der Waals surface area contributed by atoms with Crippen LogP contribution in [0.5, 0.6) is 5.75 Å². The Bertz CT molecular complexity index is 1340. The zero-order chi connectivity index (χ0) is 25.3. The average Bonchev–Trinajstić information content (AvgIpc) is 3.47. The minimum absolute atomic E-state index is 0.188. The van der Waals surface area contributed by atoms with Crippen LogP contribution in [0, 0.1) is 6.92 Å². The van der Waals surface area contributed by atoms with Crippen LogP contribution in [0.1, 0.15) is 29.7 Å². The molecule has 0 unspecified atom stereocenters. The Kier molecular flexibility index (Phi) is 6.27. The molecular formula is C25H23F3N4O4. The van der Waals surface area contributed by atoms with Crippen LogP contribution in [0.2, 0.25) is 0 Å². The number of ether oxygens (including phenoxy) is 2. The first-order valence-electron chi connectivity index (χ1n) is 11.3. The topological polar surface area (TPSA) is 95.4 Å². The summed E-state index contributed by atoms with van der Waals surface area (Å²) in [6.07, 6.45) is -3.65. The summed E-state index contributed by atoms with van der Waals surface area (Å²) < 4.78 is 53.5. The third-order valence-electron chi connectivity index (χ3n) is 6.09. The number of aryl methyl sites for hydroxylation is 1. The van der Waals surface area contributed by atoms with Gasteiger partial charge in [0.25, 0.3) is 5.89 Å². The number of hydrogen-bond donors (Lipinski definition) is 1. The van der Waals surface area contributed by atoms with Gasteiger partial charge < -0.3 is 19.1 Å². The van der Waals surface area contributed by atoms with Crippen molar-refractivity contribution >= 4 is 0 Å². The minimum Gasteiger partial charge on any atom is -0.406 e. The van der Waals surface area contributed by atoms with Gasteiger partial charge in [-0.05, 0) is 48.4 Å². The van der Waals surface area contributed by atoms with E-state index >= 15 is 0 Å². The molecule has 0 amide bonds. The minimum atomic E-state index is -4.76. The van der Waals surface area contributed by atoms with E-state index in [0.717, 1.165) is 16.8 Å². The number of aliphatic hydroxyl groups is 1. The second-order valence-corrected chi connectivity index (χ2v) is 8.67. The molecule has 1 aliphatic heterocycles. The van der Waals surface area contributed by atoms with E-state index in [1.54, 1.807) is 4.68 Å². The summed E-state index contributed by atoms with van der Waals surface area (Å²) >= 11 is 0. The molecule has 3 heterocycles. The van der Waals surface area contributed by atoms with Gasteiger partial charge in [0.05, 0.1) is 12.1 Å². The standard InChI is InChI=1S/C25H23F3N4O4/c1-16-13-21(23-29-22(31-36-23)18-5-7-20(8-6-18)35-25(26,27)28)30-32(16)15-17-3-2-4-19(14-17)24(33)9-11-34-12-10-24/h2-8,13-14,33H,9-12,15H2,1H3. The van der Waals surface area contributed by atoms with Crippen molar-refractivity contribution in [3.05, 3.63) is 71.4 Å². The smallest absolute Gasteiger partial charge is 0.406 e. The van der Waals surface area contributed by atoms with Gasteiger partial charge in [0.1, 0.15) is 5.75 Å². The van der Waals surface area contributed by atoms with Gasteiger partial charge in [-0.15, -0.1) is 13.2 Å². The van der Waals surface area contributed by atoms with E-state index in [4.69, 9.17) is 9.26 Å². The lowest BCUT2D eigenvalue weighted by atomic mass is 9.86. The molecule has 1 N–H and O–H groups in total. The number of hydrogen-bond acceptors (Lipinski definition) is 7. The summed E-state index contributed by atoms with van der Waals surface area (Å²) in [5.74, 6) is 0.0678.